The number of pyridine rings is 1. The fourth-order valence-corrected chi connectivity index (χ4v) is 3.98. The molecule has 1 unspecified atom stereocenters. The van der Waals surface area contributed by atoms with Crippen molar-refractivity contribution in [3.8, 4) is 0 Å². The Kier molecular flexibility index (Phi) is 5.54. The Morgan fingerprint density at radius 1 is 0.909 bits per heavy atom. The number of anilines is 3. The number of nitrogens with two attached hydrogens (primary N) is 2. The van der Waals surface area contributed by atoms with E-state index in [1.54, 1.807) is 0 Å². The molecule has 174 valence electrons. The second-order valence-electron chi connectivity index (χ2n) is 7.55. The van der Waals surface area contributed by atoms with Gasteiger partial charge in [0.1, 0.15) is 11.6 Å². The lowest BCUT2D eigenvalue weighted by Crippen LogP contribution is -2.33. The van der Waals surface area contributed by atoms with Crippen molar-refractivity contribution >= 4 is 17.6 Å². The fourth-order valence-electron chi connectivity index (χ4n) is 3.98. The lowest BCUT2D eigenvalue weighted by atomic mass is 9.98. The average molecular weight is 468 g/mol. The van der Waals surface area contributed by atoms with Gasteiger partial charge in [0.25, 0.3) is 0 Å². The average Bonchev–Trinajstić information content (AvgIpc) is 2.92. The van der Waals surface area contributed by atoms with Crippen LogP contribution in [0.25, 0.3) is 0 Å². The zero-order chi connectivity index (χ0) is 24.0. The predicted molar refractivity (Wildman–Crippen MR) is 109 cm³/mol. The summed E-state index contributed by atoms with van der Waals surface area (Å²) in [6.45, 7) is 0.0518. The van der Waals surface area contributed by atoms with E-state index in [1.165, 1.54) is 29.3 Å². The lowest BCUT2D eigenvalue weighted by molar-refractivity contribution is -0.138. The second kappa shape index (κ2) is 8.09. The third-order valence-electron chi connectivity index (χ3n) is 5.49. The molecule has 4 rings (SSSR count). The molecule has 3 heterocycles. The maximum absolute atomic E-state index is 13.7. The number of benzene rings is 1. The van der Waals surface area contributed by atoms with E-state index in [9.17, 15) is 26.3 Å². The summed E-state index contributed by atoms with van der Waals surface area (Å²) in [5.74, 6) is -0.315. The number of halogens is 6. The summed E-state index contributed by atoms with van der Waals surface area (Å²) in [6, 6.07) is 5.56. The molecule has 0 spiro atoms. The molecule has 4 N–H and O–H groups in total. The maximum Gasteiger partial charge on any atom is 0.419 e. The number of hydrogen-bond acceptors (Lipinski definition) is 6. The number of hydrogen-bond donors (Lipinski definition) is 2. The summed E-state index contributed by atoms with van der Waals surface area (Å²) in [5, 5.41) is 0. The van der Waals surface area contributed by atoms with Gasteiger partial charge in [0.2, 0.25) is 5.95 Å². The smallest absolute Gasteiger partial charge is 0.383 e. The van der Waals surface area contributed by atoms with E-state index in [-0.39, 0.29) is 37.0 Å². The minimum absolute atomic E-state index is 0.0471. The Morgan fingerprint density at radius 2 is 1.61 bits per heavy atom. The van der Waals surface area contributed by atoms with E-state index in [0.717, 1.165) is 18.2 Å². The standard InChI is InChI=1S/C21H18F6N6/c22-20(23,24)12-5-3-11(4-6-12)16-10-15-13(17(28)32-19(29)31-15)7-9-33(16)18-14(21(25,26)27)2-1-8-30-18/h1-6,8,16H,7,9-10H2,(H4,28,29,31,32). The van der Waals surface area contributed by atoms with E-state index < -0.39 is 29.5 Å². The van der Waals surface area contributed by atoms with Crippen molar-refractivity contribution in [2.24, 2.45) is 0 Å². The highest BCUT2D eigenvalue weighted by atomic mass is 19.4. The van der Waals surface area contributed by atoms with Crippen molar-refractivity contribution in [2.75, 3.05) is 22.9 Å². The van der Waals surface area contributed by atoms with E-state index in [0.29, 0.717) is 16.8 Å². The molecule has 3 aromatic rings. The first-order chi connectivity index (χ1) is 15.4. The molecule has 2 aromatic heterocycles. The summed E-state index contributed by atoms with van der Waals surface area (Å²) < 4.78 is 80.4. The van der Waals surface area contributed by atoms with E-state index >= 15 is 0 Å². The van der Waals surface area contributed by atoms with Crippen LogP contribution in [0.4, 0.5) is 43.9 Å². The molecular weight excluding hydrogens is 450 g/mol. The molecule has 1 aliphatic rings. The molecule has 0 amide bonds. The van der Waals surface area contributed by atoms with E-state index in [4.69, 9.17) is 11.5 Å². The Hall–Kier alpha value is -3.57. The molecule has 1 aromatic carbocycles. The van der Waals surface area contributed by atoms with Crippen LogP contribution in [0.2, 0.25) is 0 Å². The van der Waals surface area contributed by atoms with Crippen LogP contribution in [0.15, 0.2) is 42.6 Å². The molecule has 0 saturated carbocycles. The van der Waals surface area contributed by atoms with Crippen LogP contribution >= 0.6 is 0 Å². The van der Waals surface area contributed by atoms with Gasteiger partial charge in [0.15, 0.2) is 0 Å². The quantitative estimate of drug-likeness (QED) is 0.541. The molecule has 0 fully saturated rings. The molecule has 0 radical (unpaired) electrons. The van der Waals surface area contributed by atoms with Crippen molar-refractivity contribution in [2.45, 2.75) is 31.2 Å². The van der Waals surface area contributed by atoms with Crippen LogP contribution in [0, 0.1) is 0 Å². The first-order valence-electron chi connectivity index (χ1n) is 9.82. The summed E-state index contributed by atoms with van der Waals surface area (Å²) in [5.41, 5.74) is 11.2. The summed E-state index contributed by atoms with van der Waals surface area (Å²) in [6.07, 6.45) is -7.75. The Labute approximate surface area is 184 Å². The van der Waals surface area contributed by atoms with Crippen LogP contribution < -0.4 is 16.4 Å². The Morgan fingerprint density at radius 3 is 2.24 bits per heavy atom. The largest absolute Gasteiger partial charge is 0.419 e. The van der Waals surface area contributed by atoms with Gasteiger partial charge in [0, 0.05) is 24.7 Å². The van der Waals surface area contributed by atoms with Crippen LogP contribution in [0.5, 0.6) is 0 Å². The molecular formula is C21H18F6N6. The summed E-state index contributed by atoms with van der Waals surface area (Å²) in [7, 11) is 0. The third-order valence-corrected chi connectivity index (χ3v) is 5.49. The number of nitrogens with zero attached hydrogens (tertiary/aromatic N) is 4. The number of alkyl halides is 6. The SMILES string of the molecule is Nc1nc(N)c2c(n1)CC(c1ccc(C(F)(F)F)cc1)N(c1ncccc1C(F)(F)F)CC2. The molecule has 6 nitrogen and oxygen atoms in total. The van der Waals surface area contributed by atoms with Crippen LogP contribution in [0.1, 0.15) is 34.0 Å². The predicted octanol–water partition coefficient (Wildman–Crippen LogP) is 4.42. The monoisotopic (exact) mass is 468 g/mol. The van der Waals surface area contributed by atoms with Crippen molar-refractivity contribution in [1.29, 1.82) is 0 Å². The normalized spacial score (nSPS) is 16.9. The van der Waals surface area contributed by atoms with Crippen LogP contribution in [0.3, 0.4) is 0 Å². The first kappa shape index (κ1) is 22.6. The molecule has 0 aliphatic carbocycles. The molecule has 33 heavy (non-hydrogen) atoms. The third kappa shape index (κ3) is 4.50. The minimum Gasteiger partial charge on any atom is -0.383 e. The zero-order valence-corrected chi connectivity index (χ0v) is 17.0. The highest BCUT2D eigenvalue weighted by molar-refractivity contribution is 5.55. The van der Waals surface area contributed by atoms with Gasteiger partial charge in [-0.25, -0.2) is 9.97 Å². The highest BCUT2D eigenvalue weighted by Crippen LogP contribution is 2.41. The summed E-state index contributed by atoms with van der Waals surface area (Å²) in [4.78, 5) is 13.5. The van der Waals surface area contributed by atoms with Gasteiger partial charge < -0.3 is 16.4 Å². The van der Waals surface area contributed by atoms with Crippen molar-refractivity contribution in [3.05, 3.63) is 70.5 Å². The van der Waals surface area contributed by atoms with Crippen molar-refractivity contribution in [1.82, 2.24) is 15.0 Å². The van der Waals surface area contributed by atoms with E-state index in [2.05, 4.69) is 15.0 Å². The van der Waals surface area contributed by atoms with Gasteiger partial charge in [-0.3, -0.25) is 0 Å². The molecule has 12 heteroatoms. The van der Waals surface area contributed by atoms with Crippen molar-refractivity contribution < 1.29 is 26.3 Å². The molecule has 0 bridgehead atoms. The number of nitrogen functional groups attached to an aromatic ring is 2. The fraction of sp³-hybridized carbons (Fsp3) is 0.286. The van der Waals surface area contributed by atoms with E-state index in [1.807, 2.05) is 0 Å². The molecule has 1 aliphatic heterocycles. The first-order valence-corrected chi connectivity index (χ1v) is 9.82. The Balaban J connectivity index is 1.86. The number of fused-ring (bicyclic) bond motifs is 1. The van der Waals surface area contributed by atoms with Gasteiger partial charge in [-0.05, 0) is 36.2 Å². The second-order valence-corrected chi connectivity index (χ2v) is 7.55. The minimum atomic E-state index is -4.68. The van der Waals surface area contributed by atoms with Crippen molar-refractivity contribution in [3.63, 3.8) is 0 Å². The zero-order valence-electron chi connectivity index (χ0n) is 17.0. The van der Waals surface area contributed by atoms with Crippen LogP contribution in [-0.2, 0) is 25.2 Å². The van der Waals surface area contributed by atoms with Gasteiger partial charge >= 0.3 is 12.4 Å². The van der Waals surface area contributed by atoms with Gasteiger partial charge in [-0.2, -0.15) is 31.3 Å². The molecule has 1 atom stereocenters. The van der Waals surface area contributed by atoms with Gasteiger partial charge in [-0.1, -0.05) is 12.1 Å². The number of rotatable bonds is 2. The molecule has 0 saturated heterocycles. The Bertz CT molecular complexity index is 1160. The van der Waals surface area contributed by atoms with Gasteiger partial charge in [0.05, 0.1) is 22.9 Å². The lowest BCUT2D eigenvalue weighted by Gasteiger charge is -2.33. The summed E-state index contributed by atoms with van der Waals surface area (Å²) >= 11 is 0. The topological polar surface area (TPSA) is 93.9 Å². The van der Waals surface area contributed by atoms with Crippen LogP contribution in [-0.4, -0.2) is 21.5 Å². The maximum atomic E-state index is 13.7. The number of aromatic nitrogens is 3. The highest BCUT2D eigenvalue weighted by Gasteiger charge is 2.39. The van der Waals surface area contributed by atoms with Gasteiger partial charge in [-0.15, -0.1) is 0 Å².